The first kappa shape index (κ1) is 19.6. The number of anilines is 1. The summed E-state index contributed by atoms with van der Waals surface area (Å²) in [5.74, 6) is 0.392. The normalized spacial score (nSPS) is 12.1. The number of rotatable bonds is 8. The van der Waals surface area contributed by atoms with Gasteiger partial charge in [0.1, 0.15) is 5.82 Å². The Morgan fingerprint density at radius 3 is 2.89 bits per heavy atom. The predicted octanol–water partition coefficient (Wildman–Crippen LogP) is 3.63. The molecule has 0 saturated heterocycles. The number of allylic oxidation sites excluding steroid dienone is 1. The van der Waals surface area contributed by atoms with E-state index < -0.39 is 0 Å². The monoisotopic (exact) mass is 378 g/mol. The number of ether oxygens (including phenoxy) is 1. The summed E-state index contributed by atoms with van der Waals surface area (Å²) in [6.07, 6.45) is 6.25. The molecule has 1 unspecified atom stereocenters. The topological polar surface area (TPSA) is 82.5 Å². The van der Waals surface area contributed by atoms with Crippen molar-refractivity contribution in [3.05, 3.63) is 71.6 Å². The molecule has 1 aromatic carbocycles. The second kappa shape index (κ2) is 8.69. The van der Waals surface area contributed by atoms with Crippen molar-refractivity contribution in [2.45, 2.75) is 38.5 Å². The number of aromatic nitrogens is 3. The summed E-state index contributed by atoms with van der Waals surface area (Å²) in [6, 6.07) is 10.2. The molecular weight excluding hydrogens is 352 g/mol. The van der Waals surface area contributed by atoms with E-state index in [1.165, 1.54) is 18.2 Å². The van der Waals surface area contributed by atoms with Crippen molar-refractivity contribution in [1.29, 1.82) is 0 Å². The van der Waals surface area contributed by atoms with E-state index in [0.717, 1.165) is 23.3 Å². The zero-order valence-electron chi connectivity index (χ0n) is 16.4. The number of carbonyl (C=O) groups is 1. The standard InChI is InChI=1S/C22H26N4O2/c1-4-16(12-17-9-6-5-8-15(17)2)19-14-24-26-20(23)13-18(25-22(19)26)10-7-11-21(27)28-3/h4-6,8-9,13-14,16H,1,7,10-12,23H2,2-3H3. The molecule has 3 aromatic rings. The molecule has 2 heterocycles. The summed E-state index contributed by atoms with van der Waals surface area (Å²) < 4.78 is 6.35. The number of benzene rings is 1. The van der Waals surface area contributed by atoms with Gasteiger partial charge in [-0.3, -0.25) is 4.79 Å². The Kier molecular flexibility index (Phi) is 6.09. The largest absolute Gasteiger partial charge is 0.469 e. The summed E-state index contributed by atoms with van der Waals surface area (Å²) in [4.78, 5) is 16.1. The van der Waals surface area contributed by atoms with Gasteiger partial charge in [-0.2, -0.15) is 9.61 Å². The first-order valence-electron chi connectivity index (χ1n) is 9.40. The van der Waals surface area contributed by atoms with E-state index in [1.54, 1.807) is 4.52 Å². The lowest BCUT2D eigenvalue weighted by Crippen LogP contribution is -2.07. The second-order valence-electron chi connectivity index (χ2n) is 6.91. The molecule has 28 heavy (non-hydrogen) atoms. The van der Waals surface area contributed by atoms with Crippen LogP contribution < -0.4 is 5.73 Å². The Bertz CT molecular complexity index is 993. The average Bonchev–Trinajstić information content (AvgIpc) is 3.11. The van der Waals surface area contributed by atoms with Gasteiger partial charge in [0.25, 0.3) is 0 Å². The number of hydrogen-bond acceptors (Lipinski definition) is 5. The first-order valence-corrected chi connectivity index (χ1v) is 9.40. The maximum atomic E-state index is 11.3. The highest BCUT2D eigenvalue weighted by Crippen LogP contribution is 2.27. The average molecular weight is 378 g/mol. The van der Waals surface area contributed by atoms with Crippen LogP contribution in [0.15, 0.2) is 49.2 Å². The number of nitrogen functional groups attached to an aromatic ring is 1. The van der Waals surface area contributed by atoms with Crippen molar-refractivity contribution in [3.63, 3.8) is 0 Å². The van der Waals surface area contributed by atoms with Crippen molar-refractivity contribution in [1.82, 2.24) is 14.6 Å². The number of nitrogens with two attached hydrogens (primary N) is 1. The third kappa shape index (κ3) is 4.22. The highest BCUT2D eigenvalue weighted by molar-refractivity contribution is 5.69. The van der Waals surface area contributed by atoms with Crippen LogP contribution in [0.2, 0.25) is 0 Å². The van der Waals surface area contributed by atoms with Gasteiger partial charge in [0.15, 0.2) is 5.65 Å². The maximum absolute atomic E-state index is 11.3. The number of esters is 1. The van der Waals surface area contributed by atoms with Crippen LogP contribution in [-0.2, 0) is 22.4 Å². The van der Waals surface area contributed by atoms with Crippen LogP contribution in [0.25, 0.3) is 5.65 Å². The SMILES string of the molecule is C=CC(Cc1ccccc1C)c1cnn2c(N)cc(CCCC(=O)OC)nc12. The highest BCUT2D eigenvalue weighted by Gasteiger charge is 2.18. The molecule has 3 rings (SSSR count). The van der Waals surface area contributed by atoms with E-state index in [-0.39, 0.29) is 11.9 Å². The summed E-state index contributed by atoms with van der Waals surface area (Å²) in [5, 5.41) is 4.42. The third-order valence-electron chi connectivity index (χ3n) is 5.01. The smallest absolute Gasteiger partial charge is 0.305 e. The van der Waals surface area contributed by atoms with E-state index in [0.29, 0.717) is 25.1 Å². The Morgan fingerprint density at radius 2 is 2.18 bits per heavy atom. The minimum absolute atomic E-state index is 0.0795. The summed E-state index contributed by atoms with van der Waals surface area (Å²) >= 11 is 0. The minimum Gasteiger partial charge on any atom is -0.469 e. The number of hydrogen-bond donors (Lipinski definition) is 1. The summed E-state index contributed by atoms with van der Waals surface area (Å²) in [6.45, 7) is 6.14. The fraction of sp³-hybridized carbons (Fsp3) is 0.318. The van der Waals surface area contributed by atoms with E-state index in [1.807, 2.05) is 30.5 Å². The van der Waals surface area contributed by atoms with Crippen molar-refractivity contribution in [3.8, 4) is 0 Å². The molecule has 6 heteroatoms. The van der Waals surface area contributed by atoms with Gasteiger partial charge in [-0.05, 0) is 37.3 Å². The number of fused-ring (bicyclic) bond motifs is 1. The number of nitrogens with zero attached hydrogens (tertiary/aromatic N) is 3. The molecule has 2 aromatic heterocycles. The van der Waals surface area contributed by atoms with Gasteiger partial charge < -0.3 is 10.5 Å². The van der Waals surface area contributed by atoms with E-state index in [2.05, 4.69) is 30.7 Å². The predicted molar refractivity (Wildman–Crippen MR) is 110 cm³/mol. The molecule has 2 N–H and O–H groups in total. The molecule has 1 atom stereocenters. The van der Waals surface area contributed by atoms with Crippen LogP contribution >= 0.6 is 0 Å². The number of aryl methyl sites for hydroxylation is 2. The molecule has 0 spiro atoms. The molecular formula is C22H26N4O2. The van der Waals surface area contributed by atoms with Gasteiger partial charge in [0, 0.05) is 29.7 Å². The highest BCUT2D eigenvalue weighted by atomic mass is 16.5. The van der Waals surface area contributed by atoms with Gasteiger partial charge >= 0.3 is 5.97 Å². The minimum atomic E-state index is -0.218. The van der Waals surface area contributed by atoms with Crippen molar-refractivity contribution in [2.75, 3.05) is 12.8 Å². The molecule has 0 radical (unpaired) electrons. The molecule has 0 fully saturated rings. The lowest BCUT2D eigenvalue weighted by Gasteiger charge is -2.14. The van der Waals surface area contributed by atoms with Crippen molar-refractivity contribution in [2.24, 2.45) is 0 Å². The molecule has 0 aliphatic heterocycles. The fourth-order valence-electron chi connectivity index (χ4n) is 3.36. The zero-order chi connectivity index (χ0) is 20.1. The first-order chi connectivity index (χ1) is 13.5. The van der Waals surface area contributed by atoms with E-state index in [4.69, 9.17) is 15.5 Å². The lowest BCUT2D eigenvalue weighted by molar-refractivity contribution is -0.140. The summed E-state index contributed by atoms with van der Waals surface area (Å²) in [7, 11) is 1.40. The van der Waals surface area contributed by atoms with Crippen molar-refractivity contribution < 1.29 is 9.53 Å². The number of carbonyl (C=O) groups excluding carboxylic acids is 1. The zero-order valence-corrected chi connectivity index (χ0v) is 16.4. The lowest BCUT2D eigenvalue weighted by atomic mass is 9.92. The van der Waals surface area contributed by atoms with Gasteiger partial charge in [-0.1, -0.05) is 30.3 Å². The van der Waals surface area contributed by atoms with Crippen LogP contribution in [0, 0.1) is 6.92 Å². The summed E-state index contributed by atoms with van der Waals surface area (Å²) in [5.41, 5.74) is 11.3. The van der Waals surface area contributed by atoms with Gasteiger partial charge in [-0.25, -0.2) is 4.98 Å². The molecule has 0 aliphatic rings. The Labute approximate surface area is 165 Å². The van der Waals surface area contributed by atoms with Crippen LogP contribution in [0.4, 0.5) is 5.82 Å². The van der Waals surface area contributed by atoms with Crippen LogP contribution in [0.5, 0.6) is 0 Å². The molecule has 6 nitrogen and oxygen atoms in total. The second-order valence-corrected chi connectivity index (χ2v) is 6.91. The maximum Gasteiger partial charge on any atom is 0.305 e. The van der Waals surface area contributed by atoms with Crippen LogP contribution in [0.1, 0.15) is 41.1 Å². The Morgan fingerprint density at radius 1 is 1.39 bits per heavy atom. The van der Waals surface area contributed by atoms with Crippen molar-refractivity contribution >= 4 is 17.4 Å². The van der Waals surface area contributed by atoms with Crippen LogP contribution in [0.3, 0.4) is 0 Å². The fourth-order valence-corrected chi connectivity index (χ4v) is 3.36. The molecule has 0 bridgehead atoms. The Balaban J connectivity index is 1.88. The Hall–Kier alpha value is -3.15. The molecule has 146 valence electrons. The third-order valence-corrected chi connectivity index (χ3v) is 5.01. The molecule has 0 saturated carbocycles. The van der Waals surface area contributed by atoms with Gasteiger partial charge in [0.05, 0.1) is 13.3 Å². The molecule has 0 amide bonds. The number of methoxy groups -OCH3 is 1. The van der Waals surface area contributed by atoms with E-state index >= 15 is 0 Å². The molecule has 0 aliphatic carbocycles. The van der Waals surface area contributed by atoms with E-state index in [9.17, 15) is 4.79 Å². The quantitative estimate of drug-likeness (QED) is 0.478. The van der Waals surface area contributed by atoms with Gasteiger partial charge in [-0.15, -0.1) is 6.58 Å². The van der Waals surface area contributed by atoms with Crippen LogP contribution in [-0.4, -0.2) is 27.7 Å². The van der Waals surface area contributed by atoms with Gasteiger partial charge in [0.2, 0.25) is 0 Å².